The van der Waals surface area contributed by atoms with E-state index in [1.54, 1.807) is 0 Å². The van der Waals surface area contributed by atoms with Crippen molar-refractivity contribution in [2.45, 2.75) is 38.7 Å². The second-order valence-electron chi connectivity index (χ2n) is 10.9. The Kier molecular flexibility index (Phi) is 7.49. The van der Waals surface area contributed by atoms with Crippen molar-refractivity contribution in [1.29, 1.82) is 0 Å². The molecule has 0 aromatic heterocycles. The standard InChI is InChI=1S/C26H40N4O5S/c1-21-3-4-23(24(19-21)29-15-17-34-18-16-29)28-13-11-27(12-14-28)8-5-22-20-26(25(31)35-22)6-9-30(10-7-26)36(2,32)33/h3-4,19,22H,5-18,20H2,1-2H3. The van der Waals surface area contributed by atoms with Gasteiger partial charge in [0, 0.05) is 65.3 Å². The highest BCUT2D eigenvalue weighted by Crippen LogP contribution is 2.44. The molecule has 0 aliphatic carbocycles. The number of ether oxygens (including phenoxy) is 2. The highest BCUT2D eigenvalue weighted by molar-refractivity contribution is 7.88. The van der Waals surface area contributed by atoms with Gasteiger partial charge in [-0.2, -0.15) is 0 Å². The van der Waals surface area contributed by atoms with E-state index in [1.807, 2.05) is 0 Å². The third kappa shape index (κ3) is 5.51. The molecule has 10 heteroatoms. The van der Waals surface area contributed by atoms with Gasteiger partial charge in [0.2, 0.25) is 10.0 Å². The Bertz CT molecular complexity index is 1040. The third-order valence-electron chi connectivity index (χ3n) is 8.44. The van der Waals surface area contributed by atoms with Crippen LogP contribution in [0.1, 0.15) is 31.2 Å². The summed E-state index contributed by atoms with van der Waals surface area (Å²) in [5, 5.41) is 0. The van der Waals surface area contributed by atoms with Crippen molar-refractivity contribution in [2.24, 2.45) is 5.41 Å². The number of sulfonamides is 1. The summed E-state index contributed by atoms with van der Waals surface area (Å²) in [5.41, 5.74) is 3.42. The van der Waals surface area contributed by atoms with Gasteiger partial charge in [0.05, 0.1) is 36.3 Å². The molecule has 5 rings (SSSR count). The van der Waals surface area contributed by atoms with E-state index in [4.69, 9.17) is 9.47 Å². The van der Waals surface area contributed by atoms with Gasteiger partial charge >= 0.3 is 5.97 Å². The van der Waals surface area contributed by atoms with E-state index in [9.17, 15) is 13.2 Å². The Morgan fingerprint density at radius 3 is 2.28 bits per heavy atom. The smallest absolute Gasteiger partial charge is 0.312 e. The summed E-state index contributed by atoms with van der Waals surface area (Å²) in [7, 11) is -3.20. The average molecular weight is 521 g/mol. The number of hydrogen-bond donors (Lipinski definition) is 0. The maximum atomic E-state index is 12.7. The molecular formula is C26H40N4O5S. The second kappa shape index (κ2) is 10.5. The van der Waals surface area contributed by atoms with Gasteiger partial charge in [-0.25, -0.2) is 12.7 Å². The van der Waals surface area contributed by atoms with Gasteiger partial charge in [0.1, 0.15) is 6.10 Å². The molecule has 1 atom stereocenters. The van der Waals surface area contributed by atoms with E-state index < -0.39 is 15.4 Å². The lowest BCUT2D eigenvalue weighted by molar-refractivity contribution is -0.150. The molecule has 1 unspecified atom stereocenters. The Hall–Kier alpha value is -1.88. The first-order chi connectivity index (χ1) is 17.2. The molecule has 1 aromatic carbocycles. The lowest BCUT2D eigenvalue weighted by atomic mass is 9.76. The molecule has 200 valence electrons. The summed E-state index contributed by atoms with van der Waals surface area (Å²) in [6.45, 7) is 11.3. The fourth-order valence-corrected chi connectivity index (χ4v) is 7.00. The van der Waals surface area contributed by atoms with Crippen LogP contribution in [0, 0.1) is 12.3 Å². The van der Waals surface area contributed by atoms with E-state index in [0.29, 0.717) is 25.9 Å². The Morgan fingerprint density at radius 1 is 0.944 bits per heavy atom. The van der Waals surface area contributed by atoms with Crippen LogP contribution in [-0.4, -0.2) is 108 Å². The molecule has 0 amide bonds. The second-order valence-corrected chi connectivity index (χ2v) is 12.9. The van der Waals surface area contributed by atoms with E-state index in [0.717, 1.165) is 71.9 Å². The number of piperidine rings is 1. The molecule has 1 spiro atoms. The number of nitrogens with zero attached hydrogens (tertiary/aromatic N) is 4. The summed E-state index contributed by atoms with van der Waals surface area (Å²) in [6.07, 6.45) is 3.86. The summed E-state index contributed by atoms with van der Waals surface area (Å²) in [5.74, 6) is -0.125. The SMILES string of the molecule is Cc1ccc(N2CCN(CCC3CC4(CCN(S(C)(=O)=O)CC4)C(=O)O3)CC2)c(N2CCOCC2)c1. The number of cyclic esters (lactones) is 1. The van der Waals surface area contributed by atoms with Crippen LogP contribution >= 0.6 is 0 Å². The minimum Gasteiger partial charge on any atom is -0.462 e. The molecular weight excluding hydrogens is 480 g/mol. The van der Waals surface area contributed by atoms with Crippen LogP contribution in [0.25, 0.3) is 0 Å². The predicted molar refractivity (Wildman–Crippen MR) is 140 cm³/mol. The minimum absolute atomic E-state index is 0.0645. The zero-order valence-electron chi connectivity index (χ0n) is 21.7. The normalized spacial score (nSPS) is 25.9. The average Bonchev–Trinajstić information content (AvgIpc) is 3.17. The van der Waals surface area contributed by atoms with Crippen molar-refractivity contribution in [3.05, 3.63) is 23.8 Å². The van der Waals surface area contributed by atoms with Crippen molar-refractivity contribution in [1.82, 2.24) is 9.21 Å². The topological polar surface area (TPSA) is 82.6 Å². The molecule has 0 bridgehead atoms. The largest absolute Gasteiger partial charge is 0.462 e. The van der Waals surface area contributed by atoms with E-state index in [1.165, 1.54) is 27.5 Å². The maximum absolute atomic E-state index is 12.7. The van der Waals surface area contributed by atoms with Crippen molar-refractivity contribution < 1.29 is 22.7 Å². The zero-order chi connectivity index (χ0) is 25.3. The van der Waals surface area contributed by atoms with Crippen LogP contribution in [0.5, 0.6) is 0 Å². The first-order valence-corrected chi connectivity index (χ1v) is 15.2. The van der Waals surface area contributed by atoms with E-state index in [2.05, 4.69) is 39.8 Å². The van der Waals surface area contributed by atoms with Crippen LogP contribution in [0.4, 0.5) is 11.4 Å². The number of hydrogen-bond acceptors (Lipinski definition) is 8. The van der Waals surface area contributed by atoms with Crippen molar-refractivity contribution in [2.75, 3.05) is 88.2 Å². The maximum Gasteiger partial charge on any atom is 0.312 e. The first-order valence-electron chi connectivity index (χ1n) is 13.3. The Labute approximate surface area is 215 Å². The van der Waals surface area contributed by atoms with Gasteiger partial charge < -0.3 is 19.3 Å². The van der Waals surface area contributed by atoms with Gasteiger partial charge in [-0.3, -0.25) is 9.69 Å². The van der Waals surface area contributed by atoms with E-state index >= 15 is 0 Å². The minimum atomic E-state index is -3.20. The first kappa shape index (κ1) is 25.8. The predicted octanol–water partition coefficient (Wildman–Crippen LogP) is 1.70. The van der Waals surface area contributed by atoms with Gasteiger partial charge in [-0.05, 0) is 43.9 Å². The highest BCUT2D eigenvalue weighted by atomic mass is 32.2. The Balaban J connectivity index is 1.12. The summed E-state index contributed by atoms with van der Waals surface area (Å²) in [4.78, 5) is 20.2. The molecule has 4 aliphatic heterocycles. The fraction of sp³-hybridized carbons (Fsp3) is 0.731. The van der Waals surface area contributed by atoms with Crippen LogP contribution in [0.2, 0.25) is 0 Å². The Morgan fingerprint density at radius 2 is 1.61 bits per heavy atom. The monoisotopic (exact) mass is 520 g/mol. The van der Waals surface area contributed by atoms with Crippen LogP contribution < -0.4 is 9.80 Å². The fourth-order valence-electron chi connectivity index (χ4n) is 6.15. The molecule has 0 radical (unpaired) electrons. The number of anilines is 2. The molecule has 36 heavy (non-hydrogen) atoms. The summed E-state index contributed by atoms with van der Waals surface area (Å²) >= 11 is 0. The van der Waals surface area contributed by atoms with Gasteiger partial charge in [0.25, 0.3) is 0 Å². The third-order valence-corrected chi connectivity index (χ3v) is 9.74. The van der Waals surface area contributed by atoms with Crippen LogP contribution in [0.15, 0.2) is 18.2 Å². The van der Waals surface area contributed by atoms with Gasteiger partial charge in [-0.15, -0.1) is 0 Å². The molecule has 4 fully saturated rings. The molecule has 9 nitrogen and oxygen atoms in total. The number of esters is 1. The summed E-state index contributed by atoms with van der Waals surface area (Å²) < 4.78 is 36.5. The lowest BCUT2D eigenvalue weighted by Gasteiger charge is -2.39. The molecule has 4 aliphatic rings. The summed E-state index contributed by atoms with van der Waals surface area (Å²) in [6, 6.07) is 6.77. The van der Waals surface area contributed by atoms with Crippen LogP contribution in [-0.2, 0) is 24.3 Å². The molecule has 0 N–H and O–H groups in total. The van der Waals surface area contributed by atoms with Crippen molar-refractivity contribution in [3.8, 4) is 0 Å². The lowest BCUT2D eigenvalue weighted by Crippen LogP contribution is -2.47. The van der Waals surface area contributed by atoms with Gasteiger partial charge in [-0.1, -0.05) is 6.07 Å². The highest BCUT2D eigenvalue weighted by Gasteiger charge is 2.51. The zero-order valence-corrected chi connectivity index (χ0v) is 22.5. The van der Waals surface area contributed by atoms with Crippen LogP contribution in [0.3, 0.4) is 0 Å². The molecule has 0 saturated carbocycles. The molecule has 4 saturated heterocycles. The molecule has 4 heterocycles. The quantitative estimate of drug-likeness (QED) is 0.525. The molecule has 1 aromatic rings. The number of rotatable bonds is 6. The van der Waals surface area contributed by atoms with E-state index in [-0.39, 0.29) is 12.1 Å². The number of aryl methyl sites for hydroxylation is 1. The number of carbonyl (C=O) groups is 1. The number of piperazine rings is 1. The van der Waals surface area contributed by atoms with Gasteiger partial charge in [0.15, 0.2) is 0 Å². The number of morpholine rings is 1. The number of carbonyl (C=O) groups excluding carboxylic acids is 1. The number of benzene rings is 1. The van der Waals surface area contributed by atoms with Crippen molar-refractivity contribution in [3.63, 3.8) is 0 Å². The van der Waals surface area contributed by atoms with Crippen molar-refractivity contribution >= 4 is 27.4 Å².